The summed E-state index contributed by atoms with van der Waals surface area (Å²) in [6.07, 6.45) is 92.3. The van der Waals surface area contributed by atoms with Crippen LogP contribution >= 0.6 is 0 Å². The summed E-state index contributed by atoms with van der Waals surface area (Å²) >= 11 is 0. The van der Waals surface area contributed by atoms with E-state index >= 15 is 0 Å². The first kappa shape index (κ1) is 86.9. The fourth-order valence-electron chi connectivity index (χ4n) is 12.9. The number of nitrogens with one attached hydrogen (secondary N) is 1. The number of aliphatic hydroxyl groups excluding tert-OH is 5. The summed E-state index contributed by atoms with van der Waals surface area (Å²) in [6, 6.07) is -0.807. The number of aliphatic hydroxyl groups is 5. The largest absolute Gasteiger partial charge is 0.394 e. The van der Waals surface area contributed by atoms with Crippen molar-refractivity contribution in [1.29, 1.82) is 0 Å². The van der Waals surface area contributed by atoms with Gasteiger partial charge in [0.2, 0.25) is 5.91 Å². The first-order valence-electron chi connectivity index (χ1n) is 40.0. The number of carbonyl (C=O) groups excluding carboxylic acids is 1. The molecule has 0 aromatic carbocycles. The maximum atomic E-state index is 13.2. The highest BCUT2D eigenvalue weighted by Gasteiger charge is 2.44. The summed E-state index contributed by atoms with van der Waals surface area (Å²) < 4.78 is 11.4. The molecular formula is C82H153NO8. The van der Waals surface area contributed by atoms with E-state index in [2.05, 4.69) is 67.8 Å². The molecule has 1 aliphatic heterocycles. The molecule has 0 aromatic heterocycles. The van der Waals surface area contributed by atoms with E-state index in [9.17, 15) is 30.3 Å². The summed E-state index contributed by atoms with van der Waals surface area (Å²) in [7, 11) is 0. The van der Waals surface area contributed by atoms with Crippen LogP contribution in [0.15, 0.2) is 60.8 Å². The molecule has 534 valence electrons. The van der Waals surface area contributed by atoms with Gasteiger partial charge in [0, 0.05) is 6.42 Å². The summed E-state index contributed by atoms with van der Waals surface area (Å²) in [5.74, 6) is -0.169. The molecule has 0 saturated carbocycles. The van der Waals surface area contributed by atoms with Crippen molar-refractivity contribution in [1.82, 2.24) is 5.32 Å². The van der Waals surface area contributed by atoms with Gasteiger partial charge in [-0.1, -0.05) is 396 Å². The van der Waals surface area contributed by atoms with Crippen LogP contribution in [0.4, 0.5) is 0 Å². The highest BCUT2D eigenvalue weighted by Crippen LogP contribution is 2.24. The van der Waals surface area contributed by atoms with Gasteiger partial charge in [-0.3, -0.25) is 4.79 Å². The third-order valence-corrected chi connectivity index (χ3v) is 19.1. The lowest BCUT2D eigenvalue weighted by Gasteiger charge is -2.40. The third kappa shape index (κ3) is 58.9. The van der Waals surface area contributed by atoms with Crippen LogP contribution in [0.1, 0.15) is 399 Å². The second-order valence-electron chi connectivity index (χ2n) is 27.8. The van der Waals surface area contributed by atoms with Gasteiger partial charge in [0.25, 0.3) is 0 Å². The van der Waals surface area contributed by atoms with Crippen LogP contribution < -0.4 is 5.32 Å². The van der Waals surface area contributed by atoms with Crippen LogP contribution in [-0.2, 0) is 14.3 Å². The SMILES string of the molecule is CC/C=C\C/C=C\C/C=C\C/C=C\CCCCCCCCCCCCCCCCCCCCCCCCCCC(=O)NC(COC1OC(CO)C(O)C(O)C1O)C(O)/C=C/CCCCCCCCCCCCCCCCCCCCCCCCCCCCCCC. The van der Waals surface area contributed by atoms with Crippen molar-refractivity contribution < 1.29 is 39.8 Å². The molecule has 1 rings (SSSR count). The quantitative estimate of drug-likeness (QED) is 0.0261. The first-order valence-corrected chi connectivity index (χ1v) is 40.0. The van der Waals surface area contributed by atoms with E-state index in [0.29, 0.717) is 6.42 Å². The van der Waals surface area contributed by atoms with E-state index in [-0.39, 0.29) is 12.5 Å². The van der Waals surface area contributed by atoms with Crippen LogP contribution in [-0.4, -0.2) is 87.5 Å². The lowest BCUT2D eigenvalue weighted by molar-refractivity contribution is -0.302. The Balaban J connectivity index is 2.06. The minimum atomic E-state index is -1.57. The van der Waals surface area contributed by atoms with Crippen molar-refractivity contribution >= 4 is 5.91 Å². The zero-order valence-electron chi connectivity index (χ0n) is 60.1. The number of unbranched alkanes of at least 4 members (excludes halogenated alkanes) is 53. The van der Waals surface area contributed by atoms with Crippen LogP contribution in [0, 0.1) is 0 Å². The number of hydrogen-bond acceptors (Lipinski definition) is 8. The van der Waals surface area contributed by atoms with E-state index in [1.165, 1.54) is 315 Å². The Morgan fingerprint density at radius 1 is 0.385 bits per heavy atom. The highest BCUT2D eigenvalue weighted by molar-refractivity contribution is 5.76. The average Bonchev–Trinajstić information content (AvgIpc) is 1.70. The molecule has 1 aliphatic rings. The fraction of sp³-hybridized carbons (Fsp3) is 0.866. The number of carbonyl (C=O) groups is 1. The van der Waals surface area contributed by atoms with E-state index < -0.39 is 49.5 Å². The second-order valence-corrected chi connectivity index (χ2v) is 27.8. The van der Waals surface area contributed by atoms with Gasteiger partial charge in [0.15, 0.2) is 6.29 Å². The number of amides is 1. The third-order valence-electron chi connectivity index (χ3n) is 19.1. The van der Waals surface area contributed by atoms with Crippen molar-refractivity contribution in [2.75, 3.05) is 13.2 Å². The van der Waals surface area contributed by atoms with E-state index in [1.54, 1.807) is 6.08 Å². The number of rotatable bonds is 71. The van der Waals surface area contributed by atoms with Crippen LogP contribution in [0.2, 0.25) is 0 Å². The molecule has 1 heterocycles. The van der Waals surface area contributed by atoms with E-state index in [1.807, 2.05) is 6.08 Å². The Hall–Kier alpha value is -2.11. The second kappa shape index (κ2) is 70.7. The molecule has 1 saturated heterocycles. The lowest BCUT2D eigenvalue weighted by atomic mass is 9.99. The van der Waals surface area contributed by atoms with Gasteiger partial charge in [0.05, 0.1) is 25.4 Å². The normalized spacial score (nSPS) is 18.0. The summed E-state index contributed by atoms with van der Waals surface area (Å²) in [5.41, 5.74) is 0. The first-order chi connectivity index (χ1) is 44.8. The smallest absolute Gasteiger partial charge is 0.220 e. The standard InChI is InChI=1S/C82H153NO8/c1-3-5-7-9-11-13-15-17-19-21-23-25-27-29-31-33-35-36-37-38-39-40-42-44-46-48-50-52-54-56-58-60-62-64-66-68-70-72-78(86)83-75(74-90-82-81(89)80(88)79(87)77(73-84)91-82)76(85)71-69-67-65-63-61-59-57-55-53-51-49-47-45-43-41-34-32-30-28-26-24-22-20-18-16-14-12-10-8-6-4-2/h5,7,11,13,17,19,23,25,69,71,75-77,79-82,84-85,87-89H,3-4,6,8-10,12,14-16,18,20-22,24,26-68,70,72-74H2,1-2H3,(H,83,86)/b7-5-,13-11-,19-17-,25-23-,71-69+. The number of ether oxygens (including phenoxy) is 2. The van der Waals surface area contributed by atoms with Gasteiger partial charge in [-0.05, 0) is 57.8 Å². The van der Waals surface area contributed by atoms with E-state index in [0.717, 1.165) is 64.2 Å². The molecule has 1 fully saturated rings. The molecular weight excluding hydrogens is 1130 g/mol. The van der Waals surface area contributed by atoms with Crippen molar-refractivity contribution in [2.24, 2.45) is 0 Å². The predicted octanol–water partition coefficient (Wildman–Crippen LogP) is 22.9. The molecule has 0 bridgehead atoms. The Morgan fingerprint density at radius 3 is 1.01 bits per heavy atom. The maximum Gasteiger partial charge on any atom is 0.220 e. The summed E-state index contributed by atoms with van der Waals surface area (Å²) in [5, 5.41) is 54.9. The molecule has 6 N–H and O–H groups in total. The highest BCUT2D eigenvalue weighted by atomic mass is 16.7. The Kier molecular flexibility index (Phi) is 67.5. The van der Waals surface area contributed by atoms with Crippen molar-refractivity contribution in [3.05, 3.63) is 60.8 Å². The van der Waals surface area contributed by atoms with Gasteiger partial charge in [-0.15, -0.1) is 0 Å². The van der Waals surface area contributed by atoms with Gasteiger partial charge in [-0.2, -0.15) is 0 Å². The fourth-order valence-corrected chi connectivity index (χ4v) is 12.9. The van der Waals surface area contributed by atoms with Gasteiger partial charge in [-0.25, -0.2) is 0 Å². The molecule has 9 nitrogen and oxygen atoms in total. The van der Waals surface area contributed by atoms with Gasteiger partial charge < -0.3 is 40.3 Å². The summed E-state index contributed by atoms with van der Waals surface area (Å²) in [6.45, 7) is 3.73. The Bertz CT molecular complexity index is 1630. The zero-order valence-corrected chi connectivity index (χ0v) is 60.1. The molecule has 91 heavy (non-hydrogen) atoms. The van der Waals surface area contributed by atoms with Crippen molar-refractivity contribution in [2.45, 2.75) is 442 Å². The molecule has 0 aromatic rings. The molecule has 0 aliphatic carbocycles. The van der Waals surface area contributed by atoms with Crippen molar-refractivity contribution in [3.63, 3.8) is 0 Å². The average molecular weight is 1280 g/mol. The Labute approximate surface area is 564 Å². The molecule has 9 heteroatoms. The van der Waals surface area contributed by atoms with Crippen molar-refractivity contribution in [3.8, 4) is 0 Å². The monoisotopic (exact) mass is 1280 g/mol. The molecule has 1 amide bonds. The topological polar surface area (TPSA) is 149 Å². The number of allylic oxidation sites excluding steroid dienone is 9. The van der Waals surface area contributed by atoms with Crippen LogP contribution in [0.3, 0.4) is 0 Å². The van der Waals surface area contributed by atoms with Crippen LogP contribution in [0.5, 0.6) is 0 Å². The minimum absolute atomic E-state index is 0.169. The predicted molar refractivity (Wildman–Crippen MR) is 392 cm³/mol. The summed E-state index contributed by atoms with van der Waals surface area (Å²) in [4.78, 5) is 13.2. The molecule has 0 spiro atoms. The van der Waals surface area contributed by atoms with Gasteiger partial charge >= 0.3 is 0 Å². The Morgan fingerprint density at radius 2 is 0.681 bits per heavy atom. The minimum Gasteiger partial charge on any atom is -0.394 e. The van der Waals surface area contributed by atoms with Crippen LogP contribution in [0.25, 0.3) is 0 Å². The lowest BCUT2D eigenvalue weighted by Crippen LogP contribution is -2.60. The molecule has 7 unspecified atom stereocenters. The molecule has 0 radical (unpaired) electrons. The number of hydrogen-bond donors (Lipinski definition) is 6. The zero-order chi connectivity index (χ0) is 65.7. The van der Waals surface area contributed by atoms with Gasteiger partial charge in [0.1, 0.15) is 24.4 Å². The molecule has 7 atom stereocenters. The van der Waals surface area contributed by atoms with E-state index in [4.69, 9.17) is 9.47 Å². The maximum absolute atomic E-state index is 13.2.